The zero-order chi connectivity index (χ0) is 8.36. The number of nitrogens with two attached hydrogens (primary N) is 1. The lowest BCUT2D eigenvalue weighted by Crippen LogP contribution is -2.34. The smallest absolute Gasteiger partial charge is 0.153 e. The summed E-state index contributed by atoms with van der Waals surface area (Å²) >= 11 is 0. The van der Waals surface area contributed by atoms with Gasteiger partial charge in [0.05, 0.1) is 0 Å². The zero-order valence-electron chi connectivity index (χ0n) is 6.61. The SMILES string of the molecule is C=C=C(N(C)N)C(C)(C)F. The number of rotatable bonds is 2. The van der Waals surface area contributed by atoms with Gasteiger partial charge in [-0.2, -0.15) is 0 Å². The molecule has 0 radical (unpaired) electrons. The third kappa shape index (κ3) is 2.21. The quantitative estimate of drug-likeness (QED) is 0.358. The monoisotopic (exact) mass is 144 g/mol. The lowest BCUT2D eigenvalue weighted by Gasteiger charge is -2.22. The minimum Gasteiger partial charge on any atom is -0.308 e. The normalized spacial score (nSPS) is 10.5. The molecule has 0 saturated heterocycles. The van der Waals surface area contributed by atoms with Gasteiger partial charge in [-0.25, -0.2) is 10.2 Å². The summed E-state index contributed by atoms with van der Waals surface area (Å²) in [5, 5.41) is 1.17. The average Bonchev–Trinajstić information content (AvgIpc) is 1.60. The van der Waals surface area contributed by atoms with Gasteiger partial charge in [0.2, 0.25) is 0 Å². The predicted molar refractivity (Wildman–Crippen MR) is 39.8 cm³/mol. The molecule has 0 atom stereocenters. The van der Waals surface area contributed by atoms with Crippen LogP contribution in [0.3, 0.4) is 0 Å². The highest BCUT2D eigenvalue weighted by Crippen LogP contribution is 2.19. The van der Waals surface area contributed by atoms with Crippen LogP contribution < -0.4 is 5.84 Å². The molecular formula is C7H13FN2. The molecule has 0 heterocycles. The Morgan fingerprint density at radius 3 is 2.10 bits per heavy atom. The zero-order valence-corrected chi connectivity index (χ0v) is 6.61. The van der Waals surface area contributed by atoms with E-state index in [1.807, 2.05) is 0 Å². The van der Waals surface area contributed by atoms with E-state index in [9.17, 15) is 4.39 Å². The van der Waals surface area contributed by atoms with Crippen molar-refractivity contribution in [2.24, 2.45) is 5.84 Å². The summed E-state index contributed by atoms with van der Waals surface area (Å²) in [6, 6.07) is 0. The van der Waals surface area contributed by atoms with Gasteiger partial charge >= 0.3 is 0 Å². The van der Waals surface area contributed by atoms with Gasteiger partial charge in [-0.3, -0.25) is 0 Å². The standard InChI is InChI=1S/C7H13FN2/c1-5-6(10(4)9)7(2,3)8/h1,9H2,2-4H3. The van der Waals surface area contributed by atoms with Crippen molar-refractivity contribution in [3.63, 3.8) is 0 Å². The molecule has 2 N–H and O–H groups in total. The van der Waals surface area contributed by atoms with E-state index in [0.29, 0.717) is 0 Å². The fourth-order valence-corrected chi connectivity index (χ4v) is 0.754. The van der Waals surface area contributed by atoms with Crippen LogP contribution in [0.5, 0.6) is 0 Å². The van der Waals surface area contributed by atoms with Gasteiger partial charge < -0.3 is 5.01 Å². The van der Waals surface area contributed by atoms with Crippen LogP contribution >= 0.6 is 0 Å². The van der Waals surface area contributed by atoms with Gasteiger partial charge in [-0.15, -0.1) is 5.73 Å². The van der Waals surface area contributed by atoms with Gasteiger partial charge in [-0.05, 0) is 13.8 Å². The van der Waals surface area contributed by atoms with Gasteiger partial charge in [0.25, 0.3) is 0 Å². The molecule has 0 aliphatic carbocycles. The number of halogens is 1. The maximum Gasteiger partial charge on any atom is 0.153 e. The van der Waals surface area contributed by atoms with Gasteiger partial charge in [0, 0.05) is 7.05 Å². The number of alkyl halides is 1. The fourth-order valence-electron chi connectivity index (χ4n) is 0.754. The first-order valence-electron chi connectivity index (χ1n) is 2.97. The van der Waals surface area contributed by atoms with Crippen molar-refractivity contribution in [3.05, 3.63) is 18.0 Å². The van der Waals surface area contributed by atoms with E-state index in [0.717, 1.165) is 0 Å². The summed E-state index contributed by atoms with van der Waals surface area (Å²) in [4.78, 5) is 0. The number of allylic oxidation sites excluding steroid dienone is 1. The molecule has 0 bridgehead atoms. The van der Waals surface area contributed by atoms with Crippen LogP contribution in [0.2, 0.25) is 0 Å². The number of nitrogens with zero attached hydrogens (tertiary/aromatic N) is 1. The van der Waals surface area contributed by atoms with Gasteiger partial charge in [0.1, 0.15) is 5.70 Å². The molecule has 0 amide bonds. The minimum absolute atomic E-state index is 0.257. The Morgan fingerprint density at radius 2 is 2.10 bits per heavy atom. The van der Waals surface area contributed by atoms with E-state index < -0.39 is 5.67 Å². The Balaban J connectivity index is 4.57. The van der Waals surface area contributed by atoms with Crippen LogP contribution in [-0.4, -0.2) is 17.7 Å². The molecular weight excluding hydrogens is 131 g/mol. The summed E-state index contributed by atoms with van der Waals surface area (Å²) < 4.78 is 13.0. The molecule has 0 aromatic carbocycles. The van der Waals surface area contributed by atoms with E-state index in [1.165, 1.54) is 18.9 Å². The molecule has 0 aromatic rings. The fraction of sp³-hybridized carbons (Fsp3) is 0.571. The van der Waals surface area contributed by atoms with Crippen molar-refractivity contribution >= 4 is 0 Å². The molecule has 10 heavy (non-hydrogen) atoms. The first-order chi connectivity index (χ1) is 4.39. The lowest BCUT2D eigenvalue weighted by molar-refractivity contribution is 0.207. The van der Waals surface area contributed by atoms with Crippen LogP contribution in [0, 0.1) is 0 Å². The third-order valence-electron chi connectivity index (χ3n) is 1.08. The molecule has 0 unspecified atom stereocenters. The van der Waals surface area contributed by atoms with Crippen molar-refractivity contribution in [1.82, 2.24) is 5.01 Å². The molecule has 0 aromatic heterocycles. The Hall–Kier alpha value is -0.790. The largest absolute Gasteiger partial charge is 0.308 e. The van der Waals surface area contributed by atoms with Crippen molar-refractivity contribution < 1.29 is 4.39 Å². The van der Waals surface area contributed by atoms with Crippen LogP contribution in [0.25, 0.3) is 0 Å². The first-order valence-corrected chi connectivity index (χ1v) is 2.97. The number of hydrogen-bond acceptors (Lipinski definition) is 2. The Kier molecular flexibility index (Phi) is 2.64. The van der Waals surface area contributed by atoms with E-state index in [2.05, 4.69) is 12.3 Å². The molecule has 0 fully saturated rings. The van der Waals surface area contributed by atoms with Crippen LogP contribution in [0.4, 0.5) is 4.39 Å². The molecule has 58 valence electrons. The molecule has 3 heteroatoms. The summed E-state index contributed by atoms with van der Waals surface area (Å²) in [6.07, 6.45) is 0. The molecule has 0 aliphatic rings. The van der Waals surface area contributed by atoms with Crippen molar-refractivity contribution in [2.75, 3.05) is 7.05 Å². The maximum atomic E-state index is 13.0. The average molecular weight is 144 g/mol. The predicted octanol–water partition coefficient (Wildman–Crippen LogP) is 1.21. The minimum atomic E-state index is -1.47. The number of hydrazine groups is 1. The molecule has 0 rings (SSSR count). The van der Waals surface area contributed by atoms with Crippen molar-refractivity contribution in [2.45, 2.75) is 19.5 Å². The molecule has 2 nitrogen and oxygen atoms in total. The van der Waals surface area contributed by atoms with E-state index in [1.54, 1.807) is 7.05 Å². The second-order valence-electron chi connectivity index (χ2n) is 2.61. The second kappa shape index (κ2) is 2.86. The van der Waals surface area contributed by atoms with E-state index >= 15 is 0 Å². The Morgan fingerprint density at radius 1 is 1.70 bits per heavy atom. The third-order valence-corrected chi connectivity index (χ3v) is 1.08. The van der Waals surface area contributed by atoms with E-state index in [-0.39, 0.29) is 5.70 Å². The summed E-state index contributed by atoms with van der Waals surface area (Å²) in [5.74, 6) is 5.29. The summed E-state index contributed by atoms with van der Waals surface area (Å²) in [6.45, 7) is 6.14. The molecule has 0 saturated carbocycles. The van der Waals surface area contributed by atoms with Crippen LogP contribution in [0.1, 0.15) is 13.8 Å². The topological polar surface area (TPSA) is 29.3 Å². The molecule has 0 spiro atoms. The Labute approximate surface area is 60.8 Å². The van der Waals surface area contributed by atoms with Gasteiger partial charge in [0.15, 0.2) is 5.67 Å². The highest BCUT2D eigenvalue weighted by atomic mass is 19.1. The maximum absolute atomic E-state index is 13.0. The second-order valence-corrected chi connectivity index (χ2v) is 2.61. The lowest BCUT2D eigenvalue weighted by atomic mass is 10.1. The first kappa shape index (κ1) is 9.21. The van der Waals surface area contributed by atoms with Crippen LogP contribution in [0.15, 0.2) is 18.0 Å². The highest BCUT2D eigenvalue weighted by molar-refractivity contribution is 5.08. The Bertz CT molecular complexity index is 161. The van der Waals surface area contributed by atoms with Crippen molar-refractivity contribution in [3.8, 4) is 0 Å². The summed E-state index contributed by atoms with van der Waals surface area (Å²) in [7, 11) is 1.55. The molecule has 0 aliphatic heterocycles. The van der Waals surface area contributed by atoms with Gasteiger partial charge in [-0.1, -0.05) is 6.58 Å². The highest BCUT2D eigenvalue weighted by Gasteiger charge is 2.23. The summed E-state index contributed by atoms with van der Waals surface area (Å²) in [5.41, 5.74) is 1.22. The number of hydrogen-bond donors (Lipinski definition) is 1. The van der Waals surface area contributed by atoms with E-state index in [4.69, 9.17) is 5.84 Å². The van der Waals surface area contributed by atoms with Crippen molar-refractivity contribution in [1.29, 1.82) is 0 Å². The van der Waals surface area contributed by atoms with Crippen LogP contribution in [-0.2, 0) is 0 Å².